The largest absolute Gasteiger partial charge is 0.365 e. The van der Waals surface area contributed by atoms with Crippen LogP contribution in [-0.4, -0.2) is 42.1 Å². The number of hydrogen-bond donors (Lipinski definition) is 3. The van der Waals surface area contributed by atoms with E-state index in [0.717, 1.165) is 36.4 Å². The van der Waals surface area contributed by atoms with Crippen molar-refractivity contribution in [3.05, 3.63) is 23.5 Å². The molecular formula is C11H15N5OS. The summed E-state index contributed by atoms with van der Waals surface area (Å²) in [5.74, 6) is -0.419. The number of piperazine rings is 1. The van der Waals surface area contributed by atoms with Gasteiger partial charge in [-0.05, 0) is 6.07 Å². The van der Waals surface area contributed by atoms with Crippen LogP contribution in [0.15, 0.2) is 18.6 Å². The van der Waals surface area contributed by atoms with E-state index in [4.69, 9.17) is 5.73 Å². The summed E-state index contributed by atoms with van der Waals surface area (Å²) in [6, 6.07) is 1.67. The van der Waals surface area contributed by atoms with Crippen LogP contribution < -0.4 is 16.4 Å². The van der Waals surface area contributed by atoms with Crippen molar-refractivity contribution >= 4 is 27.5 Å². The molecule has 0 aromatic carbocycles. The number of aromatic nitrogens is 2. The highest BCUT2D eigenvalue weighted by atomic mass is 32.1. The number of carbonyl (C=O) groups excluding carboxylic acids is 1. The van der Waals surface area contributed by atoms with Crippen LogP contribution in [0.25, 0.3) is 10.2 Å². The van der Waals surface area contributed by atoms with E-state index in [9.17, 15) is 4.79 Å². The van der Waals surface area contributed by atoms with Gasteiger partial charge in [-0.15, -0.1) is 11.3 Å². The van der Waals surface area contributed by atoms with Crippen molar-refractivity contribution in [3.63, 3.8) is 0 Å². The third kappa shape index (κ3) is 3.46. The molecule has 0 spiro atoms. The molecule has 1 amide bonds. The first-order valence-corrected chi connectivity index (χ1v) is 6.50. The van der Waals surface area contributed by atoms with Gasteiger partial charge in [0, 0.05) is 32.4 Å². The number of fused-ring (bicyclic) bond motifs is 1. The second-order valence-corrected chi connectivity index (χ2v) is 4.83. The molecule has 3 rings (SSSR count). The third-order valence-corrected chi connectivity index (χ3v) is 3.47. The molecule has 0 saturated carbocycles. The standard InChI is InChI=1S/C7H5N3OS.C4H10N2/c8-7(11)5-1-4-6(12-5)2-9-3-10-4;1-2-6-4-3-5-1/h1-3H,(H2,8,11);5-6H,1-4H2. The summed E-state index contributed by atoms with van der Waals surface area (Å²) < 4.78 is 0.881. The average molecular weight is 265 g/mol. The molecule has 1 fully saturated rings. The molecule has 0 radical (unpaired) electrons. The zero-order chi connectivity index (χ0) is 12.8. The molecule has 0 bridgehead atoms. The molecule has 3 heterocycles. The number of nitrogens with two attached hydrogens (primary N) is 1. The molecule has 1 saturated heterocycles. The topological polar surface area (TPSA) is 92.9 Å². The lowest BCUT2D eigenvalue weighted by atomic mass is 10.4. The second-order valence-electron chi connectivity index (χ2n) is 3.75. The second kappa shape index (κ2) is 6.39. The Balaban J connectivity index is 0.000000169. The maximum Gasteiger partial charge on any atom is 0.258 e. The lowest BCUT2D eigenvalue weighted by Crippen LogP contribution is -2.39. The number of nitrogens with one attached hydrogen (secondary N) is 2. The molecule has 0 atom stereocenters. The van der Waals surface area contributed by atoms with Gasteiger partial charge in [0.15, 0.2) is 0 Å². The van der Waals surface area contributed by atoms with E-state index in [0.29, 0.717) is 4.88 Å². The Morgan fingerprint density at radius 3 is 2.44 bits per heavy atom. The SMILES string of the molecule is C1CNCCN1.NC(=O)c1cc2ncncc2s1. The van der Waals surface area contributed by atoms with Gasteiger partial charge >= 0.3 is 0 Å². The lowest BCUT2D eigenvalue weighted by molar-refractivity contribution is 0.100. The Morgan fingerprint density at radius 1 is 1.28 bits per heavy atom. The highest BCUT2D eigenvalue weighted by molar-refractivity contribution is 7.20. The quantitative estimate of drug-likeness (QED) is 0.673. The van der Waals surface area contributed by atoms with Crippen LogP contribution >= 0.6 is 11.3 Å². The van der Waals surface area contributed by atoms with Crippen molar-refractivity contribution < 1.29 is 4.79 Å². The molecule has 0 unspecified atom stereocenters. The van der Waals surface area contributed by atoms with Crippen molar-refractivity contribution in [1.29, 1.82) is 0 Å². The molecule has 6 nitrogen and oxygen atoms in total. The minimum atomic E-state index is -0.419. The molecule has 1 aliphatic heterocycles. The van der Waals surface area contributed by atoms with Crippen LogP contribution in [-0.2, 0) is 0 Å². The molecular weight excluding hydrogens is 250 g/mol. The summed E-state index contributed by atoms with van der Waals surface area (Å²) in [5, 5.41) is 6.44. The van der Waals surface area contributed by atoms with E-state index in [-0.39, 0.29) is 0 Å². The number of carbonyl (C=O) groups is 1. The molecule has 18 heavy (non-hydrogen) atoms. The molecule has 7 heteroatoms. The highest BCUT2D eigenvalue weighted by Crippen LogP contribution is 2.21. The predicted octanol–water partition coefficient (Wildman–Crippen LogP) is -0.0306. The van der Waals surface area contributed by atoms with Crippen molar-refractivity contribution in [2.45, 2.75) is 0 Å². The summed E-state index contributed by atoms with van der Waals surface area (Å²) >= 11 is 1.31. The van der Waals surface area contributed by atoms with Crippen LogP contribution in [0.5, 0.6) is 0 Å². The lowest BCUT2D eigenvalue weighted by Gasteiger charge is -2.11. The molecule has 1 aliphatic rings. The number of thiophene rings is 1. The first-order valence-electron chi connectivity index (χ1n) is 5.68. The Labute approximate surface area is 109 Å². The van der Waals surface area contributed by atoms with E-state index in [1.165, 1.54) is 17.7 Å². The van der Waals surface area contributed by atoms with Gasteiger partial charge in [-0.25, -0.2) is 9.97 Å². The van der Waals surface area contributed by atoms with Crippen molar-refractivity contribution in [2.24, 2.45) is 5.73 Å². The monoisotopic (exact) mass is 265 g/mol. The van der Waals surface area contributed by atoms with Gasteiger partial charge in [0.05, 0.1) is 15.1 Å². The fraction of sp³-hybridized carbons (Fsp3) is 0.364. The number of primary amides is 1. The van der Waals surface area contributed by atoms with Crippen LogP contribution in [0.2, 0.25) is 0 Å². The van der Waals surface area contributed by atoms with Crippen molar-refractivity contribution in [2.75, 3.05) is 26.2 Å². The van der Waals surface area contributed by atoms with E-state index in [1.54, 1.807) is 12.3 Å². The summed E-state index contributed by atoms with van der Waals surface area (Å²) in [7, 11) is 0. The van der Waals surface area contributed by atoms with Gasteiger partial charge in [0.2, 0.25) is 0 Å². The molecule has 2 aromatic heterocycles. The van der Waals surface area contributed by atoms with E-state index >= 15 is 0 Å². The summed E-state index contributed by atoms with van der Waals surface area (Å²) in [5.41, 5.74) is 5.87. The fourth-order valence-corrected chi connectivity index (χ4v) is 2.35. The molecule has 0 aliphatic carbocycles. The molecule has 2 aromatic rings. The first-order chi connectivity index (χ1) is 8.77. The van der Waals surface area contributed by atoms with Gasteiger partial charge in [-0.1, -0.05) is 0 Å². The van der Waals surface area contributed by atoms with E-state index in [2.05, 4.69) is 20.6 Å². The smallest absolute Gasteiger partial charge is 0.258 e. The van der Waals surface area contributed by atoms with Crippen LogP contribution in [0.3, 0.4) is 0 Å². The fourth-order valence-electron chi connectivity index (χ4n) is 1.51. The summed E-state index contributed by atoms with van der Waals surface area (Å²) in [6.07, 6.45) is 3.11. The summed E-state index contributed by atoms with van der Waals surface area (Å²) in [6.45, 7) is 4.56. The summed E-state index contributed by atoms with van der Waals surface area (Å²) in [4.78, 5) is 19.1. The van der Waals surface area contributed by atoms with Gasteiger partial charge in [0.25, 0.3) is 5.91 Å². The molecule has 4 N–H and O–H groups in total. The van der Waals surface area contributed by atoms with Crippen molar-refractivity contribution in [1.82, 2.24) is 20.6 Å². The maximum atomic E-state index is 10.8. The van der Waals surface area contributed by atoms with Gasteiger partial charge < -0.3 is 16.4 Å². The van der Waals surface area contributed by atoms with Crippen LogP contribution in [0.4, 0.5) is 0 Å². The number of hydrogen-bond acceptors (Lipinski definition) is 6. The maximum absolute atomic E-state index is 10.8. The zero-order valence-electron chi connectivity index (χ0n) is 9.85. The predicted molar refractivity (Wildman–Crippen MR) is 71.7 cm³/mol. The number of nitrogens with zero attached hydrogens (tertiary/aromatic N) is 2. The first kappa shape index (κ1) is 12.9. The van der Waals surface area contributed by atoms with Crippen LogP contribution in [0.1, 0.15) is 9.67 Å². The minimum Gasteiger partial charge on any atom is -0.365 e. The van der Waals surface area contributed by atoms with Gasteiger partial charge in [0.1, 0.15) is 6.33 Å². The van der Waals surface area contributed by atoms with Gasteiger partial charge in [-0.3, -0.25) is 4.79 Å². The number of rotatable bonds is 1. The van der Waals surface area contributed by atoms with Crippen LogP contribution in [0, 0.1) is 0 Å². The van der Waals surface area contributed by atoms with Gasteiger partial charge in [-0.2, -0.15) is 0 Å². The average Bonchev–Trinajstić information content (AvgIpc) is 2.85. The number of amides is 1. The molecule has 96 valence electrons. The zero-order valence-corrected chi connectivity index (χ0v) is 10.7. The van der Waals surface area contributed by atoms with E-state index in [1.807, 2.05) is 0 Å². The Hall–Kier alpha value is -1.57. The van der Waals surface area contributed by atoms with Crippen molar-refractivity contribution in [3.8, 4) is 0 Å². The van der Waals surface area contributed by atoms with E-state index < -0.39 is 5.91 Å². The third-order valence-electron chi connectivity index (χ3n) is 2.40. The Kier molecular flexibility index (Phi) is 4.57. The normalized spacial score (nSPS) is 14.9. The Morgan fingerprint density at radius 2 is 1.94 bits per heavy atom. The minimum absolute atomic E-state index is 0.419. The highest BCUT2D eigenvalue weighted by Gasteiger charge is 2.06. The Bertz CT molecular complexity index is 478.